The van der Waals surface area contributed by atoms with E-state index in [0.29, 0.717) is 11.7 Å². The molecule has 27 heavy (non-hydrogen) atoms. The molecule has 2 aliphatic rings. The summed E-state index contributed by atoms with van der Waals surface area (Å²) in [7, 11) is 0. The number of fused-ring (bicyclic) bond motifs is 1. The number of likely N-dealkylation sites (tertiary alicyclic amines) is 1. The van der Waals surface area contributed by atoms with Crippen molar-refractivity contribution in [2.75, 3.05) is 13.1 Å². The second-order valence-corrected chi connectivity index (χ2v) is 8.05. The van der Waals surface area contributed by atoms with E-state index in [2.05, 4.69) is 20.9 Å². The Hall–Kier alpha value is -2.05. The van der Waals surface area contributed by atoms with Crippen molar-refractivity contribution in [1.29, 1.82) is 0 Å². The van der Waals surface area contributed by atoms with Crippen molar-refractivity contribution >= 4 is 0 Å². The van der Waals surface area contributed by atoms with Gasteiger partial charge in [0.2, 0.25) is 5.82 Å². The fourth-order valence-electron chi connectivity index (χ4n) is 4.57. The summed E-state index contributed by atoms with van der Waals surface area (Å²) in [6.07, 6.45) is 5.22. The molecule has 0 spiro atoms. The maximum absolute atomic E-state index is 13.5. The van der Waals surface area contributed by atoms with Crippen LogP contribution in [0.2, 0.25) is 0 Å². The van der Waals surface area contributed by atoms with Crippen LogP contribution in [0, 0.1) is 18.7 Å². The van der Waals surface area contributed by atoms with E-state index in [1.165, 1.54) is 13.3 Å². The van der Waals surface area contributed by atoms with Gasteiger partial charge in [-0.1, -0.05) is 31.0 Å². The number of piperidine rings is 1. The number of hydrogen-bond acceptors (Lipinski definition) is 4. The smallest absolute Gasteiger partial charge is 0.287 e. The molecule has 1 aromatic carbocycles. The van der Waals surface area contributed by atoms with Crippen LogP contribution < -0.4 is 5.56 Å². The van der Waals surface area contributed by atoms with Crippen LogP contribution in [0.15, 0.2) is 29.1 Å². The van der Waals surface area contributed by atoms with Gasteiger partial charge in [-0.05, 0) is 37.8 Å². The highest BCUT2D eigenvalue weighted by Crippen LogP contribution is 2.40. The quantitative estimate of drug-likeness (QED) is 0.870. The average Bonchev–Trinajstić information content (AvgIpc) is 2.66. The molecule has 2 fully saturated rings. The number of halogens is 1. The molecule has 2 aromatic rings. The number of aliphatic hydroxyl groups is 1. The lowest BCUT2D eigenvalue weighted by molar-refractivity contribution is -0.0967. The number of nitrogens with one attached hydrogen (secondary N) is 1. The number of aryl methyl sites for hydroxylation is 1. The molecular weight excluding hydrogens is 345 g/mol. The number of rotatable bonds is 3. The van der Waals surface area contributed by atoms with E-state index in [1.807, 2.05) is 18.2 Å². The summed E-state index contributed by atoms with van der Waals surface area (Å²) in [4.78, 5) is 20.8. The topological polar surface area (TPSA) is 69.2 Å². The van der Waals surface area contributed by atoms with E-state index in [-0.39, 0.29) is 5.69 Å². The maximum atomic E-state index is 13.5. The van der Waals surface area contributed by atoms with E-state index >= 15 is 0 Å². The summed E-state index contributed by atoms with van der Waals surface area (Å²) >= 11 is 0. The number of nitrogens with zero attached hydrogens (tertiary/aromatic N) is 2. The van der Waals surface area contributed by atoms with Gasteiger partial charge in [0.05, 0.1) is 11.3 Å². The third kappa shape index (κ3) is 3.69. The van der Waals surface area contributed by atoms with E-state index in [1.54, 1.807) is 0 Å². The normalized spacial score (nSPS) is 26.0. The molecule has 0 unspecified atom stereocenters. The highest BCUT2D eigenvalue weighted by Gasteiger charge is 2.42. The summed E-state index contributed by atoms with van der Waals surface area (Å²) in [5, 5.41) is 10.8. The summed E-state index contributed by atoms with van der Waals surface area (Å²) in [5.41, 5.74) is 0.797. The molecule has 5 nitrogen and oxygen atoms in total. The van der Waals surface area contributed by atoms with Gasteiger partial charge in [-0.2, -0.15) is 4.39 Å². The Labute approximate surface area is 158 Å². The molecule has 0 radical (unpaired) electrons. The minimum absolute atomic E-state index is 0.103. The summed E-state index contributed by atoms with van der Waals surface area (Å²) < 4.78 is 13.5. The molecule has 4 rings (SSSR count). The Balaban J connectivity index is 1.51. The molecule has 6 heteroatoms. The number of aromatic amines is 1. The first kappa shape index (κ1) is 18.3. The van der Waals surface area contributed by atoms with E-state index in [4.69, 9.17) is 0 Å². The number of H-pyrrole nitrogens is 1. The Morgan fingerprint density at radius 3 is 3.04 bits per heavy atom. The minimum Gasteiger partial charge on any atom is -0.390 e. The lowest BCUT2D eigenvalue weighted by Gasteiger charge is -2.47. The molecule has 1 aliphatic carbocycles. The van der Waals surface area contributed by atoms with Crippen molar-refractivity contribution in [2.45, 2.75) is 51.2 Å². The van der Waals surface area contributed by atoms with Crippen LogP contribution in [-0.2, 0) is 6.54 Å². The first-order valence-electron chi connectivity index (χ1n) is 9.75. The van der Waals surface area contributed by atoms with Gasteiger partial charge in [0.25, 0.3) is 5.56 Å². The Kier molecular flexibility index (Phi) is 4.86. The van der Waals surface area contributed by atoms with E-state index in [9.17, 15) is 14.3 Å². The zero-order valence-electron chi connectivity index (χ0n) is 15.7. The Morgan fingerprint density at radius 2 is 2.22 bits per heavy atom. The molecule has 1 saturated heterocycles. The fourth-order valence-corrected chi connectivity index (χ4v) is 4.57. The zero-order valence-corrected chi connectivity index (χ0v) is 15.7. The molecular formula is C21H26FN3O2. The van der Waals surface area contributed by atoms with Crippen LogP contribution in [0.4, 0.5) is 4.39 Å². The number of benzene rings is 1. The number of hydrogen-bond donors (Lipinski definition) is 2. The molecule has 1 saturated carbocycles. The summed E-state index contributed by atoms with van der Waals surface area (Å²) in [5.74, 6) is -0.0785. The van der Waals surface area contributed by atoms with Crippen molar-refractivity contribution in [3.8, 4) is 11.4 Å². The van der Waals surface area contributed by atoms with Gasteiger partial charge in [0, 0.05) is 31.1 Å². The van der Waals surface area contributed by atoms with Gasteiger partial charge in [-0.3, -0.25) is 9.69 Å². The van der Waals surface area contributed by atoms with Gasteiger partial charge in [-0.15, -0.1) is 0 Å². The van der Waals surface area contributed by atoms with Crippen molar-refractivity contribution < 1.29 is 9.50 Å². The number of aromatic nitrogens is 2. The van der Waals surface area contributed by atoms with Crippen LogP contribution in [0.5, 0.6) is 0 Å². The monoisotopic (exact) mass is 371 g/mol. The predicted molar refractivity (Wildman–Crippen MR) is 102 cm³/mol. The van der Waals surface area contributed by atoms with Crippen LogP contribution >= 0.6 is 0 Å². The van der Waals surface area contributed by atoms with Crippen molar-refractivity contribution in [1.82, 2.24) is 14.9 Å². The molecule has 144 valence electrons. The Bertz CT molecular complexity index is 897. The van der Waals surface area contributed by atoms with Crippen LogP contribution in [0.25, 0.3) is 11.4 Å². The molecule has 2 atom stereocenters. The highest BCUT2D eigenvalue weighted by atomic mass is 19.1. The highest BCUT2D eigenvalue weighted by molar-refractivity contribution is 5.56. The summed E-state index contributed by atoms with van der Waals surface area (Å²) in [6.45, 7) is 4.11. The third-order valence-electron chi connectivity index (χ3n) is 6.15. The van der Waals surface area contributed by atoms with E-state index in [0.717, 1.165) is 56.4 Å². The average molecular weight is 371 g/mol. The van der Waals surface area contributed by atoms with Gasteiger partial charge >= 0.3 is 0 Å². The van der Waals surface area contributed by atoms with Crippen molar-refractivity contribution in [2.24, 2.45) is 5.92 Å². The SMILES string of the molecule is Cc1nc(-c2cccc(CN3CC[C@@]4(O)CCCC[C@H]4C3)c2)[nH]c(=O)c1F. The zero-order chi connectivity index (χ0) is 19.0. The van der Waals surface area contributed by atoms with Crippen molar-refractivity contribution in [3.05, 3.63) is 51.7 Å². The lowest BCUT2D eigenvalue weighted by atomic mass is 9.71. The molecule has 0 bridgehead atoms. The Morgan fingerprint density at radius 1 is 1.37 bits per heavy atom. The second kappa shape index (κ2) is 7.17. The van der Waals surface area contributed by atoms with Crippen LogP contribution in [0.3, 0.4) is 0 Å². The minimum atomic E-state index is -0.830. The molecule has 2 heterocycles. The van der Waals surface area contributed by atoms with Gasteiger partial charge in [0.1, 0.15) is 5.82 Å². The predicted octanol–water partition coefficient (Wildman–Crippen LogP) is 3.01. The first-order chi connectivity index (χ1) is 12.9. The van der Waals surface area contributed by atoms with Crippen LogP contribution in [-0.4, -0.2) is 38.7 Å². The van der Waals surface area contributed by atoms with Gasteiger partial charge in [-0.25, -0.2) is 4.98 Å². The maximum Gasteiger partial charge on any atom is 0.287 e. The largest absolute Gasteiger partial charge is 0.390 e. The standard InChI is InChI=1S/C21H26FN3O2/c1-14-18(22)20(26)24-19(23-14)16-6-4-5-15(11-16)12-25-10-9-21(27)8-3-2-7-17(21)13-25/h4-6,11,17,27H,2-3,7-10,12-13H2,1H3,(H,23,24,26)/t17-,21-/m0/s1. The second-order valence-electron chi connectivity index (χ2n) is 8.05. The van der Waals surface area contributed by atoms with Crippen LogP contribution in [0.1, 0.15) is 43.4 Å². The molecule has 1 aromatic heterocycles. The lowest BCUT2D eigenvalue weighted by Crippen LogP contribution is -2.52. The van der Waals surface area contributed by atoms with Gasteiger partial charge < -0.3 is 10.1 Å². The first-order valence-corrected chi connectivity index (χ1v) is 9.75. The summed E-state index contributed by atoms with van der Waals surface area (Å²) in [6, 6.07) is 7.86. The van der Waals surface area contributed by atoms with Gasteiger partial charge in [0.15, 0.2) is 0 Å². The molecule has 0 amide bonds. The molecule has 2 N–H and O–H groups in total. The third-order valence-corrected chi connectivity index (χ3v) is 6.15. The fraction of sp³-hybridized carbons (Fsp3) is 0.524. The molecule has 1 aliphatic heterocycles. The van der Waals surface area contributed by atoms with E-state index < -0.39 is 17.0 Å². The van der Waals surface area contributed by atoms with Crippen molar-refractivity contribution in [3.63, 3.8) is 0 Å².